The number of fused-ring (bicyclic) bond motifs is 3. The van der Waals surface area contributed by atoms with Crippen molar-refractivity contribution in [1.82, 2.24) is 19.7 Å². The molecule has 0 spiro atoms. The third-order valence-corrected chi connectivity index (χ3v) is 5.55. The van der Waals surface area contributed by atoms with Gasteiger partial charge in [-0.15, -0.1) is 10.2 Å². The van der Waals surface area contributed by atoms with Crippen LogP contribution >= 0.6 is 11.8 Å². The number of hydrogen-bond acceptors (Lipinski definition) is 6. The molecule has 0 unspecified atom stereocenters. The first-order valence-corrected chi connectivity index (χ1v) is 10.0. The zero-order valence-electron chi connectivity index (χ0n) is 15.5. The van der Waals surface area contributed by atoms with Gasteiger partial charge in [-0.2, -0.15) is 0 Å². The van der Waals surface area contributed by atoms with Gasteiger partial charge in [0, 0.05) is 11.1 Å². The highest BCUT2D eigenvalue weighted by atomic mass is 32.2. The second kappa shape index (κ2) is 7.46. The smallest absolute Gasteiger partial charge is 0.299 e. The summed E-state index contributed by atoms with van der Waals surface area (Å²) in [6.07, 6.45) is 1.46. The Hall–Kier alpha value is -3.96. The van der Waals surface area contributed by atoms with E-state index < -0.39 is 0 Å². The molecule has 0 aliphatic carbocycles. The minimum atomic E-state index is -0.319. The van der Waals surface area contributed by atoms with Crippen LogP contribution in [0.15, 0.2) is 76.5 Å². The van der Waals surface area contributed by atoms with Gasteiger partial charge in [-0.1, -0.05) is 54.2 Å². The number of carbonyl (C=O) groups is 1. The predicted molar refractivity (Wildman–Crippen MR) is 114 cm³/mol. The monoisotopic (exact) mass is 411 g/mol. The summed E-state index contributed by atoms with van der Waals surface area (Å²) in [7, 11) is 0. The van der Waals surface area contributed by atoms with E-state index in [1.165, 1.54) is 22.6 Å². The number of nitrogens with zero attached hydrogens (tertiary/aromatic N) is 5. The standard InChI is InChI=1S/C22H13N5O2S/c1-23-16-9-4-2-7-14(16)13-30-22-24-20-19(25-26-22)15-8-3-5-10-17(15)27(20)21(28)18-11-6-12-29-18/h2-12H,13H2. The molecular formula is C22H13N5O2S. The second-order valence-electron chi connectivity index (χ2n) is 6.43. The van der Waals surface area contributed by atoms with Crippen molar-refractivity contribution in [2.45, 2.75) is 10.9 Å². The highest BCUT2D eigenvalue weighted by Crippen LogP contribution is 2.30. The predicted octanol–water partition coefficient (Wildman–Crippen LogP) is 5.10. The molecule has 3 heterocycles. The van der Waals surface area contributed by atoms with E-state index in [0.29, 0.717) is 33.3 Å². The quantitative estimate of drug-likeness (QED) is 0.302. The maximum Gasteiger partial charge on any atom is 0.299 e. The number of carbonyl (C=O) groups excluding carboxylic acids is 1. The lowest BCUT2D eigenvalue weighted by molar-refractivity contribution is 0.0941. The maximum atomic E-state index is 13.1. The van der Waals surface area contributed by atoms with Crippen molar-refractivity contribution in [3.63, 3.8) is 0 Å². The molecule has 5 aromatic rings. The van der Waals surface area contributed by atoms with Crippen LogP contribution < -0.4 is 0 Å². The fourth-order valence-corrected chi connectivity index (χ4v) is 4.06. The van der Waals surface area contributed by atoms with Crippen LogP contribution in [0.2, 0.25) is 0 Å². The van der Waals surface area contributed by atoms with Crippen LogP contribution in [0.4, 0.5) is 5.69 Å². The van der Waals surface area contributed by atoms with Gasteiger partial charge in [0.2, 0.25) is 5.16 Å². The molecule has 0 saturated heterocycles. The summed E-state index contributed by atoms with van der Waals surface area (Å²) in [5, 5.41) is 9.81. The molecule has 0 aliphatic rings. The summed E-state index contributed by atoms with van der Waals surface area (Å²) < 4.78 is 6.82. The van der Waals surface area contributed by atoms with Crippen LogP contribution in [0, 0.1) is 6.57 Å². The number of thioether (sulfide) groups is 1. The molecule has 30 heavy (non-hydrogen) atoms. The van der Waals surface area contributed by atoms with Crippen molar-refractivity contribution >= 4 is 45.4 Å². The summed E-state index contributed by atoms with van der Waals surface area (Å²) >= 11 is 1.37. The number of hydrogen-bond donors (Lipinski definition) is 0. The SMILES string of the molecule is [C-]#[N+]c1ccccc1CSc1nnc2c3ccccc3n(C(=O)c3ccco3)c2n1. The van der Waals surface area contributed by atoms with Crippen LogP contribution in [0.3, 0.4) is 0 Å². The fraction of sp³-hybridized carbons (Fsp3) is 0.0455. The largest absolute Gasteiger partial charge is 0.459 e. The third-order valence-electron chi connectivity index (χ3n) is 4.66. The van der Waals surface area contributed by atoms with E-state index >= 15 is 0 Å². The fourth-order valence-electron chi connectivity index (χ4n) is 3.28. The van der Waals surface area contributed by atoms with Crippen molar-refractivity contribution in [2.24, 2.45) is 0 Å². The lowest BCUT2D eigenvalue weighted by atomic mass is 10.2. The van der Waals surface area contributed by atoms with Crippen molar-refractivity contribution in [2.75, 3.05) is 0 Å². The summed E-state index contributed by atoms with van der Waals surface area (Å²) in [4.78, 5) is 21.3. The molecule has 5 rings (SSSR count). The number of furan rings is 1. The van der Waals surface area contributed by atoms with Gasteiger partial charge >= 0.3 is 0 Å². The molecule has 0 aliphatic heterocycles. The maximum absolute atomic E-state index is 13.1. The zero-order chi connectivity index (χ0) is 20.5. The number of benzene rings is 2. The highest BCUT2D eigenvalue weighted by molar-refractivity contribution is 7.98. The second-order valence-corrected chi connectivity index (χ2v) is 7.37. The van der Waals surface area contributed by atoms with E-state index in [2.05, 4.69) is 20.0 Å². The van der Waals surface area contributed by atoms with E-state index in [0.717, 1.165) is 10.9 Å². The summed E-state index contributed by atoms with van der Waals surface area (Å²) in [5.41, 5.74) is 3.16. The van der Waals surface area contributed by atoms with Crippen LogP contribution in [0.1, 0.15) is 16.1 Å². The lowest BCUT2D eigenvalue weighted by Crippen LogP contribution is -2.12. The Morgan fingerprint density at radius 1 is 1.07 bits per heavy atom. The van der Waals surface area contributed by atoms with Crippen molar-refractivity contribution in [3.8, 4) is 0 Å². The molecule has 0 saturated carbocycles. The van der Waals surface area contributed by atoms with Gasteiger partial charge in [-0.3, -0.25) is 9.36 Å². The van der Waals surface area contributed by atoms with Crippen molar-refractivity contribution in [1.29, 1.82) is 0 Å². The molecule has 0 N–H and O–H groups in total. The molecule has 144 valence electrons. The van der Waals surface area contributed by atoms with Gasteiger partial charge in [0.05, 0.1) is 18.4 Å². The Balaban J connectivity index is 1.60. The van der Waals surface area contributed by atoms with E-state index in [1.807, 2.05) is 42.5 Å². The average Bonchev–Trinajstić information content (AvgIpc) is 3.44. The highest BCUT2D eigenvalue weighted by Gasteiger charge is 2.22. The molecule has 0 atom stereocenters. The van der Waals surface area contributed by atoms with Gasteiger partial charge in [0.15, 0.2) is 17.1 Å². The van der Waals surface area contributed by atoms with E-state index in [1.54, 1.807) is 18.2 Å². The first-order chi connectivity index (χ1) is 14.8. The lowest BCUT2D eigenvalue weighted by Gasteiger charge is -2.04. The van der Waals surface area contributed by atoms with Crippen molar-refractivity contribution in [3.05, 3.63) is 89.7 Å². The van der Waals surface area contributed by atoms with Gasteiger partial charge in [-0.25, -0.2) is 9.83 Å². The average molecular weight is 411 g/mol. The molecule has 0 amide bonds. The Bertz CT molecular complexity index is 1430. The van der Waals surface area contributed by atoms with E-state index in [-0.39, 0.29) is 11.7 Å². The molecule has 3 aromatic heterocycles. The molecule has 0 bridgehead atoms. The summed E-state index contributed by atoms with van der Waals surface area (Å²) in [6.45, 7) is 7.30. The Kier molecular flexibility index (Phi) is 4.50. The van der Waals surface area contributed by atoms with Gasteiger partial charge in [-0.05, 0) is 23.8 Å². The first-order valence-electron chi connectivity index (χ1n) is 9.06. The third kappa shape index (κ3) is 3.02. The first kappa shape index (κ1) is 18.1. The molecule has 2 aromatic carbocycles. The van der Waals surface area contributed by atoms with Crippen LogP contribution in [0.25, 0.3) is 26.9 Å². The molecule has 8 heteroatoms. The summed E-state index contributed by atoms with van der Waals surface area (Å²) in [6, 6.07) is 18.2. The van der Waals surface area contributed by atoms with E-state index in [4.69, 9.17) is 11.0 Å². The van der Waals surface area contributed by atoms with Crippen LogP contribution in [-0.4, -0.2) is 25.7 Å². The normalized spacial score (nSPS) is 11.0. The molecule has 7 nitrogen and oxygen atoms in total. The number of para-hydroxylation sites is 2. The molecule has 0 fully saturated rings. The van der Waals surface area contributed by atoms with Crippen LogP contribution in [0.5, 0.6) is 0 Å². The van der Waals surface area contributed by atoms with Gasteiger partial charge < -0.3 is 4.42 Å². The number of rotatable bonds is 4. The minimum absolute atomic E-state index is 0.219. The molecule has 0 radical (unpaired) electrons. The minimum Gasteiger partial charge on any atom is -0.459 e. The zero-order valence-corrected chi connectivity index (χ0v) is 16.3. The Labute approximate surface area is 175 Å². The topological polar surface area (TPSA) is 78.2 Å². The Morgan fingerprint density at radius 3 is 2.73 bits per heavy atom. The Morgan fingerprint density at radius 2 is 1.90 bits per heavy atom. The van der Waals surface area contributed by atoms with Gasteiger partial charge in [0.1, 0.15) is 5.52 Å². The summed E-state index contributed by atoms with van der Waals surface area (Å²) in [5.74, 6) is 0.426. The molecular weight excluding hydrogens is 398 g/mol. The van der Waals surface area contributed by atoms with Crippen LogP contribution in [-0.2, 0) is 5.75 Å². The van der Waals surface area contributed by atoms with Crippen molar-refractivity contribution < 1.29 is 9.21 Å². The number of aromatic nitrogens is 4. The van der Waals surface area contributed by atoms with Gasteiger partial charge in [0.25, 0.3) is 5.91 Å². The van der Waals surface area contributed by atoms with E-state index in [9.17, 15) is 4.79 Å².